The maximum absolute atomic E-state index is 9.62. The van der Waals surface area contributed by atoms with E-state index >= 15 is 0 Å². The molecule has 4 heteroatoms. The van der Waals surface area contributed by atoms with Crippen LogP contribution in [-0.2, 0) is 13.6 Å². The molecular weight excluding hydrogens is 256 g/mol. The molecule has 3 nitrogen and oxygen atoms in total. The van der Waals surface area contributed by atoms with Gasteiger partial charge in [0.25, 0.3) is 0 Å². The molecule has 80 valence electrons. The van der Waals surface area contributed by atoms with E-state index in [0.717, 1.165) is 22.2 Å². The summed E-state index contributed by atoms with van der Waals surface area (Å²) in [5, 5.41) is 10.7. The monoisotopic (exact) mass is 268 g/mol. The van der Waals surface area contributed by atoms with E-state index in [1.54, 1.807) is 6.07 Å². The topological polar surface area (TPSA) is 51.2 Å². The fourth-order valence-electron chi connectivity index (χ4n) is 1.91. The van der Waals surface area contributed by atoms with Crippen LogP contribution in [-0.4, -0.2) is 9.67 Å². The molecule has 0 aliphatic carbocycles. The molecule has 0 spiro atoms. The van der Waals surface area contributed by atoms with Crippen molar-refractivity contribution in [2.45, 2.75) is 13.5 Å². The number of phenolic OH excluding ortho intramolecular Hbond substituents is 1. The number of aromatic nitrogens is 1. The smallest absolute Gasteiger partial charge is 0.131 e. The summed E-state index contributed by atoms with van der Waals surface area (Å²) in [5.74, 6) is 0.256. The predicted molar refractivity (Wildman–Crippen MR) is 64.9 cm³/mol. The molecular formula is C11H13BrN2O. The van der Waals surface area contributed by atoms with Crippen LogP contribution in [0, 0.1) is 6.92 Å². The van der Waals surface area contributed by atoms with Gasteiger partial charge >= 0.3 is 0 Å². The number of nitrogens with zero attached hydrogens (tertiary/aromatic N) is 1. The average molecular weight is 269 g/mol. The zero-order valence-electron chi connectivity index (χ0n) is 8.71. The molecule has 1 aromatic carbocycles. The molecule has 0 aliphatic rings. The summed E-state index contributed by atoms with van der Waals surface area (Å²) in [5.41, 5.74) is 9.01. The lowest BCUT2D eigenvalue weighted by atomic mass is 10.1. The fourth-order valence-corrected chi connectivity index (χ4v) is 2.25. The van der Waals surface area contributed by atoms with Crippen LogP contribution in [0.5, 0.6) is 5.75 Å². The largest absolute Gasteiger partial charge is 0.507 e. The van der Waals surface area contributed by atoms with Crippen LogP contribution in [0.2, 0.25) is 0 Å². The number of hydrogen-bond acceptors (Lipinski definition) is 2. The van der Waals surface area contributed by atoms with Crippen LogP contribution < -0.4 is 5.73 Å². The van der Waals surface area contributed by atoms with E-state index in [1.807, 2.05) is 24.6 Å². The molecule has 2 aromatic rings. The Balaban J connectivity index is 2.91. The first-order valence-electron chi connectivity index (χ1n) is 4.72. The number of phenols is 1. The minimum absolute atomic E-state index is 0.256. The second-order valence-electron chi connectivity index (χ2n) is 3.65. The van der Waals surface area contributed by atoms with Crippen molar-refractivity contribution in [3.63, 3.8) is 0 Å². The zero-order valence-corrected chi connectivity index (χ0v) is 10.3. The molecule has 0 fully saturated rings. The van der Waals surface area contributed by atoms with Crippen molar-refractivity contribution in [3.8, 4) is 5.75 Å². The van der Waals surface area contributed by atoms with Crippen LogP contribution in [0.3, 0.4) is 0 Å². The van der Waals surface area contributed by atoms with Gasteiger partial charge < -0.3 is 15.4 Å². The van der Waals surface area contributed by atoms with Crippen LogP contribution in [0.4, 0.5) is 0 Å². The molecule has 1 heterocycles. The minimum Gasteiger partial charge on any atom is -0.507 e. The molecule has 0 saturated carbocycles. The molecule has 0 aliphatic heterocycles. The lowest BCUT2D eigenvalue weighted by Gasteiger charge is -2.00. The number of aryl methyl sites for hydroxylation is 1. The molecule has 1 aromatic heterocycles. The average Bonchev–Trinajstić information content (AvgIpc) is 2.42. The molecule has 0 unspecified atom stereocenters. The highest BCUT2D eigenvalue weighted by Crippen LogP contribution is 2.33. The van der Waals surface area contributed by atoms with Crippen LogP contribution in [0.1, 0.15) is 11.3 Å². The highest BCUT2D eigenvalue weighted by Gasteiger charge is 2.12. The number of benzene rings is 1. The number of aromatic hydroxyl groups is 1. The maximum Gasteiger partial charge on any atom is 0.131 e. The van der Waals surface area contributed by atoms with E-state index in [1.165, 1.54) is 0 Å². The van der Waals surface area contributed by atoms with E-state index in [2.05, 4.69) is 15.9 Å². The van der Waals surface area contributed by atoms with Gasteiger partial charge in [-0.05, 0) is 34.5 Å². The molecule has 3 N–H and O–H groups in total. The van der Waals surface area contributed by atoms with Gasteiger partial charge in [-0.3, -0.25) is 0 Å². The third kappa shape index (κ3) is 1.44. The first-order valence-corrected chi connectivity index (χ1v) is 5.52. The van der Waals surface area contributed by atoms with E-state index in [4.69, 9.17) is 5.73 Å². The first-order chi connectivity index (χ1) is 7.06. The number of nitrogens with two attached hydrogens (primary N) is 1. The van der Waals surface area contributed by atoms with Crippen molar-refractivity contribution >= 4 is 26.8 Å². The zero-order chi connectivity index (χ0) is 11.2. The Morgan fingerprint density at radius 1 is 1.47 bits per heavy atom. The Morgan fingerprint density at radius 3 is 2.73 bits per heavy atom. The van der Waals surface area contributed by atoms with Crippen LogP contribution in [0.15, 0.2) is 16.6 Å². The normalized spacial score (nSPS) is 11.2. The van der Waals surface area contributed by atoms with Gasteiger partial charge in [0.2, 0.25) is 0 Å². The predicted octanol–water partition coefficient (Wildman–Crippen LogP) is 2.41. The van der Waals surface area contributed by atoms with E-state index in [9.17, 15) is 5.11 Å². The standard InChI is InChI=1S/C11H13BrN2O/c1-6-8(5-13)7-3-9(12)11(15)4-10(7)14(6)2/h3-4,15H,5,13H2,1-2H3. The van der Waals surface area contributed by atoms with Gasteiger partial charge in [0, 0.05) is 30.7 Å². The Labute approximate surface area is 96.6 Å². The van der Waals surface area contributed by atoms with Gasteiger partial charge in [-0.2, -0.15) is 0 Å². The van der Waals surface area contributed by atoms with Crippen molar-refractivity contribution < 1.29 is 5.11 Å². The number of fused-ring (bicyclic) bond motifs is 1. The highest BCUT2D eigenvalue weighted by atomic mass is 79.9. The fraction of sp³-hybridized carbons (Fsp3) is 0.273. The van der Waals surface area contributed by atoms with Gasteiger partial charge in [-0.1, -0.05) is 0 Å². The third-order valence-electron chi connectivity index (χ3n) is 2.90. The van der Waals surface area contributed by atoms with E-state index < -0.39 is 0 Å². The van der Waals surface area contributed by atoms with Crippen molar-refractivity contribution in [1.82, 2.24) is 4.57 Å². The van der Waals surface area contributed by atoms with Gasteiger partial charge in [0.15, 0.2) is 0 Å². The van der Waals surface area contributed by atoms with Crippen molar-refractivity contribution in [1.29, 1.82) is 0 Å². The summed E-state index contributed by atoms with van der Waals surface area (Å²) in [6.45, 7) is 2.55. The maximum atomic E-state index is 9.62. The van der Waals surface area contributed by atoms with Gasteiger partial charge in [0.05, 0.1) is 9.99 Å². The number of hydrogen-bond donors (Lipinski definition) is 2. The molecule has 15 heavy (non-hydrogen) atoms. The Morgan fingerprint density at radius 2 is 2.13 bits per heavy atom. The molecule has 0 radical (unpaired) electrons. The van der Waals surface area contributed by atoms with Gasteiger partial charge in [-0.25, -0.2) is 0 Å². The summed E-state index contributed by atoms with van der Waals surface area (Å²) in [4.78, 5) is 0. The van der Waals surface area contributed by atoms with Crippen LogP contribution >= 0.6 is 15.9 Å². The molecule has 2 rings (SSSR count). The minimum atomic E-state index is 0.256. The summed E-state index contributed by atoms with van der Waals surface area (Å²) in [6.07, 6.45) is 0. The van der Waals surface area contributed by atoms with E-state index in [0.29, 0.717) is 11.0 Å². The Bertz CT molecular complexity index is 531. The summed E-state index contributed by atoms with van der Waals surface area (Å²) in [7, 11) is 1.98. The summed E-state index contributed by atoms with van der Waals surface area (Å²) in [6, 6.07) is 3.67. The first kappa shape index (κ1) is 10.5. The Hall–Kier alpha value is -1.00. The second kappa shape index (κ2) is 3.54. The lowest BCUT2D eigenvalue weighted by Crippen LogP contribution is -1.98. The quantitative estimate of drug-likeness (QED) is 0.835. The molecule has 0 atom stereocenters. The lowest BCUT2D eigenvalue weighted by molar-refractivity contribution is 0.472. The van der Waals surface area contributed by atoms with Crippen LogP contribution in [0.25, 0.3) is 10.9 Å². The third-order valence-corrected chi connectivity index (χ3v) is 3.53. The number of halogens is 1. The number of rotatable bonds is 1. The molecule has 0 amide bonds. The van der Waals surface area contributed by atoms with Gasteiger partial charge in [0.1, 0.15) is 5.75 Å². The van der Waals surface area contributed by atoms with E-state index in [-0.39, 0.29) is 5.75 Å². The highest BCUT2D eigenvalue weighted by molar-refractivity contribution is 9.10. The molecule has 0 saturated heterocycles. The van der Waals surface area contributed by atoms with Crippen molar-refractivity contribution in [3.05, 3.63) is 27.9 Å². The SMILES string of the molecule is Cc1c(CN)c2cc(Br)c(O)cc2n1C. The van der Waals surface area contributed by atoms with Gasteiger partial charge in [-0.15, -0.1) is 0 Å². The Kier molecular flexibility index (Phi) is 2.48. The molecule has 0 bridgehead atoms. The van der Waals surface area contributed by atoms with Crippen molar-refractivity contribution in [2.75, 3.05) is 0 Å². The summed E-state index contributed by atoms with van der Waals surface area (Å²) >= 11 is 3.31. The second-order valence-corrected chi connectivity index (χ2v) is 4.50. The van der Waals surface area contributed by atoms with Crippen molar-refractivity contribution in [2.24, 2.45) is 12.8 Å². The summed E-state index contributed by atoms with van der Waals surface area (Å²) < 4.78 is 2.75.